The van der Waals surface area contributed by atoms with E-state index in [0.717, 1.165) is 17.9 Å². The number of nitrogens with zero attached hydrogens (tertiary/aromatic N) is 1. The quantitative estimate of drug-likeness (QED) is 0.562. The number of thioether (sulfide) groups is 1. The zero-order valence-electron chi connectivity index (χ0n) is 11.3. The molecular weight excluding hydrogens is 272 g/mol. The highest BCUT2D eigenvalue weighted by atomic mass is 32.2. The number of rotatable bonds is 6. The first kappa shape index (κ1) is 14.5. The fourth-order valence-corrected chi connectivity index (χ4v) is 2.55. The van der Waals surface area contributed by atoms with Crippen LogP contribution in [0.3, 0.4) is 0 Å². The van der Waals surface area contributed by atoms with Crippen molar-refractivity contribution in [1.82, 2.24) is 15.5 Å². The monoisotopic (exact) mass is 290 g/mol. The maximum absolute atomic E-state index is 11.9. The van der Waals surface area contributed by atoms with E-state index in [4.69, 9.17) is 5.73 Å². The number of aromatic nitrogens is 2. The molecule has 1 aromatic heterocycles. The van der Waals surface area contributed by atoms with Gasteiger partial charge in [-0.1, -0.05) is 25.1 Å². The number of aryl methyl sites for hydroxylation is 1. The van der Waals surface area contributed by atoms with Gasteiger partial charge in [-0.15, -0.1) is 11.8 Å². The van der Waals surface area contributed by atoms with Crippen LogP contribution in [0.1, 0.15) is 23.1 Å². The molecule has 5 nitrogen and oxygen atoms in total. The summed E-state index contributed by atoms with van der Waals surface area (Å²) in [4.78, 5) is 13.1. The number of nitrogens with one attached hydrogen (secondary N) is 2. The van der Waals surface area contributed by atoms with Gasteiger partial charge in [-0.05, 0) is 18.6 Å². The largest absolute Gasteiger partial charge is 0.395 e. The lowest BCUT2D eigenvalue weighted by Crippen LogP contribution is -2.26. The van der Waals surface area contributed by atoms with Crippen LogP contribution in [-0.2, 0) is 6.42 Å². The van der Waals surface area contributed by atoms with Crippen molar-refractivity contribution in [3.63, 3.8) is 0 Å². The van der Waals surface area contributed by atoms with Crippen molar-refractivity contribution < 1.29 is 4.79 Å². The molecule has 6 heteroatoms. The Morgan fingerprint density at radius 1 is 1.40 bits per heavy atom. The lowest BCUT2D eigenvalue weighted by molar-refractivity contribution is 0.0952. The average Bonchev–Trinajstić information content (AvgIpc) is 2.85. The number of H-pyrrole nitrogens is 1. The van der Waals surface area contributed by atoms with Crippen molar-refractivity contribution in [2.75, 3.05) is 18.0 Å². The number of nitrogen functional groups attached to an aromatic ring is 1. The lowest BCUT2D eigenvalue weighted by atomic mass is 10.2. The van der Waals surface area contributed by atoms with Gasteiger partial charge in [-0.2, -0.15) is 5.10 Å². The minimum absolute atomic E-state index is 0.230. The van der Waals surface area contributed by atoms with E-state index in [9.17, 15) is 4.79 Å². The second-order valence-corrected chi connectivity index (χ2v) is 5.40. The Kier molecular flexibility index (Phi) is 5.06. The van der Waals surface area contributed by atoms with Gasteiger partial charge in [0.25, 0.3) is 5.91 Å². The van der Waals surface area contributed by atoms with E-state index in [1.54, 1.807) is 11.8 Å². The average molecular weight is 290 g/mol. The minimum Gasteiger partial charge on any atom is -0.395 e. The van der Waals surface area contributed by atoms with Crippen molar-refractivity contribution >= 4 is 23.4 Å². The Morgan fingerprint density at radius 3 is 2.80 bits per heavy atom. The normalized spacial score (nSPS) is 10.4. The van der Waals surface area contributed by atoms with Gasteiger partial charge in [0.05, 0.1) is 11.4 Å². The van der Waals surface area contributed by atoms with Gasteiger partial charge in [0.1, 0.15) is 0 Å². The molecule has 0 aliphatic rings. The predicted molar refractivity (Wildman–Crippen MR) is 81.9 cm³/mol. The molecule has 0 saturated heterocycles. The van der Waals surface area contributed by atoms with Crippen LogP contribution in [0.2, 0.25) is 0 Å². The molecule has 106 valence electrons. The van der Waals surface area contributed by atoms with Crippen LogP contribution in [0.15, 0.2) is 35.2 Å². The molecule has 0 radical (unpaired) electrons. The molecule has 0 atom stereocenters. The molecule has 1 amide bonds. The van der Waals surface area contributed by atoms with Crippen LogP contribution < -0.4 is 11.1 Å². The van der Waals surface area contributed by atoms with Gasteiger partial charge < -0.3 is 11.1 Å². The number of benzene rings is 1. The smallest absolute Gasteiger partial charge is 0.273 e. The molecule has 4 N–H and O–H groups in total. The first-order valence-corrected chi connectivity index (χ1v) is 7.49. The summed E-state index contributed by atoms with van der Waals surface area (Å²) in [7, 11) is 0. The van der Waals surface area contributed by atoms with Gasteiger partial charge >= 0.3 is 0 Å². The van der Waals surface area contributed by atoms with Crippen molar-refractivity contribution in [3.05, 3.63) is 41.7 Å². The number of nitrogens with two attached hydrogens (primary N) is 1. The maximum atomic E-state index is 11.9. The summed E-state index contributed by atoms with van der Waals surface area (Å²) in [6, 6.07) is 10.1. The Morgan fingerprint density at radius 2 is 2.15 bits per heavy atom. The molecule has 0 spiro atoms. The van der Waals surface area contributed by atoms with Crippen LogP contribution >= 0.6 is 11.8 Å². The Hall–Kier alpha value is -1.95. The van der Waals surface area contributed by atoms with Crippen LogP contribution in [0.5, 0.6) is 0 Å². The number of anilines is 1. The molecule has 1 aromatic carbocycles. The van der Waals surface area contributed by atoms with Crippen molar-refractivity contribution in [2.45, 2.75) is 18.2 Å². The van der Waals surface area contributed by atoms with Crippen LogP contribution in [-0.4, -0.2) is 28.4 Å². The van der Waals surface area contributed by atoms with Gasteiger partial charge in [0.15, 0.2) is 5.69 Å². The molecule has 0 fully saturated rings. The summed E-state index contributed by atoms with van der Waals surface area (Å²) in [5.41, 5.74) is 7.38. The molecule has 1 heterocycles. The fraction of sp³-hybridized carbons (Fsp3) is 0.286. The molecule has 0 saturated carbocycles. The molecule has 0 bridgehead atoms. The van der Waals surface area contributed by atoms with Crippen molar-refractivity contribution in [3.8, 4) is 0 Å². The van der Waals surface area contributed by atoms with Crippen LogP contribution in [0.4, 0.5) is 5.69 Å². The summed E-state index contributed by atoms with van der Waals surface area (Å²) in [6.45, 7) is 2.54. The Bertz CT molecular complexity index is 568. The highest BCUT2D eigenvalue weighted by Crippen LogP contribution is 2.16. The van der Waals surface area contributed by atoms with E-state index in [0.29, 0.717) is 12.2 Å². The standard InChI is InChI=1S/C14H18N4OS/c1-2-11-12(15)13(18-17-11)14(19)16-8-9-20-10-6-4-3-5-7-10/h3-7H,2,8-9,15H2,1H3,(H,16,19)(H,17,18). The zero-order valence-corrected chi connectivity index (χ0v) is 12.2. The Balaban J connectivity index is 1.79. The van der Waals surface area contributed by atoms with Gasteiger partial charge in [-0.25, -0.2) is 0 Å². The summed E-state index contributed by atoms with van der Waals surface area (Å²) >= 11 is 1.70. The third kappa shape index (κ3) is 3.54. The number of aromatic amines is 1. The van der Waals surface area contributed by atoms with E-state index < -0.39 is 0 Å². The molecule has 2 rings (SSSR count). The fourth-order valence-electron chi connectivity index (χ4n) is 1.76. The molecule has 0 aliphatic carbocycles. The van der Waals surface area contributed by atoms with Gasteiger partial charge in [0, 0.05) is 17.2 Å². The van der Waals surface area contributed by atoms with Crippen LogP contribution in [0.25, 0.3) is 0 Å². The molecule has 0 aliphatic heterocycles. The van der Waals surface area contributed by atoms with E-state index in [1.807, 2.05) is 37.3 Å². The SMILES string of the molecule is CCc1[nH]nc(C(=O)NCCSc2ccccc2)c1N. The highest BCUT2D eigenvalue weighted by Gasteiger charge is 2.15. The third-order valence-corrected chi connectivity index (χ3v) is 3.86. The second kappa shape index (κ2) is 7.00. The minimum atomic E-state index is -0.230. The number of amides is 1. The van der Waals surface area contributed by atoms with E-state index in [1.165, 1.54) is 4.90 Å². The highest BCUT2D eigenvalue weighted by molar-refractivity contribution is 7.99. The van der Waals surface area contributed by atoms with Crippen molar-refractivity contribution in [1.29, 1.82) is 0 Å². The topological polar surface area (TPSA) is 83.8 Å². The summed E-state index contributed by atoms with van der Waals surface area (Å²) in [5, 5.41) is 9.56. The number of carbonyl (C=O) groups excluding carboxylic acids is 1. The lowest BCUT2D eigenvalue weighted by Gasteiger charge is -2.04. The summed E-state index contributed by atoms with van der Waals surface area (Å²) in [6.07, 6.45) is 0.732. The summed E-state index contributed by atoms with van der Waals surface area (Å²) in [5.74, 6) is 0.577. The molecule has 0 unspecified atom stereocenters. The predicted octanol–water partition coefficient (Wildman–Crippen LogP) is 2.08. The van der Waals surface area contributed by atoms with E-state index in [-0.39, 0.29) is 11.6 Å². The zero-order chi connectivity index (χ0) is 14.4. The van der Waals surface area contributed by atoms with Crippen molar-refractivity contribution in [2.24, 2.45) is 0 Å². The Labute approximate surface area is 122 Å². The molecular formula is C14H18N4OS. The first-order valence-electron chi connectivity index (χ1n) is 6.51. The number of hydrogen-bond donors (Lipinski definition) is 3. The van der Waals surface area contributed by atoms with E-state index >= 15 is 0 Å². The second-order valence-electron chi connectivity index (χ2n) is 4.24. The van der Waals surface area contributed by atoms with Crippen LogP contribution in [0, 0.1) is 0 Å². The molecule has 20 heavy (non-hydrogen) atoms. The summed E-state index contributed by atoms with van der Waals surface area (Å²) < 4.78 is 0. The number of hydrogen-bond acceptors (Lipinski definition) is 4. The van der Waals surface area contributed by atoms with Gasteiger partial charge in [0.2, 0.25) is 0 Å². The third-order valence-electron chi connectivity index (χ3n) is 2.85. The number of carbonyl (C=O) groups is 1. The maximum Gasteiger partial charge on any atom is 0.273 e. The van der Waals surface area contributed by atoms with Gasteiger partial charge in [-0.3, -0.25) is 9.89 Å². The van der Waals surface area contributed by atoms with E-state index in [2.05, 4.69) is 15.5 Å². The first-order chi connectivity index (χ1) is 9.72. The molecule has 2 aromatic rings.